The van der Waals surface area contributed by atoms with Gasteiger partial charge >= 0.3 is 0 Å². The number of carbonyl (C=O) groups excluding carboxylic acids is 1. The summed E-state index contributed by atoms with van der Waals surface area (Å²) >= 11 is 0. The quantitative estimate of drug-likeness (QED) is 0.826. The van der Waals surface area contributed by atoms with Crippen LogP contribution in [0.4, 0.5) is 0 Å². The molecule has 6 heteroatoms. The van der Waals surface area contributed by atoms with Crippen molar-refractivity contribution in [2.24, 2.45) is 5.92 Å². The summed E-state index contributed by atoms with van der Waals surface area (Å²) in [5, 5.41) is 0. The van der Waals surface area contributed by atoms with Crippen molar-refractivity contribution in [3.63, 3.8) is 0 Å². The van der Waals surface area contributed by atoms with Crippen molar-refractivity contribution in [3.05, 3.63) is 41.5 Å². The molecule has 0 N–H and O–H groups in total. The zero-order valence-corrected chi connectivity index (χ0v) is 16.3. The van der Waals surface area contributed by atoms with E-state index in [0.717, 1.165) is 43.9 Å². The van der Waals surface area contributed by atoms with Crippen molar-refractivity contribution < 1.29 is 4.79 Å². The first-order chi connectivity index (χ1) is 12.5. The topological polar surface area (TPSA) is 63.9 Å². The van der Waals surface area contributed by atoms with Crippen molar-refractivity contribution in [3.8, 4) is 0 Å². The van der Waals surface area contributed by atoms with Crippen LogP contribution in [0.3, 0.4) is 0 Å². The van der Waals surface area contributed by atoms with E-state index in [4.69, 9.17) is 0 Å². The number of piperidine rings is 1. The smallest absolute Gasteiger partial charge is 0.272 e. The lowest BCUT2D eigenvalue weighted by Crippen LogP contribution is -2.40. The Morgan fingerprint density at radius 3 is 2.88 bits per heavy atom. The van der Waals surface area contributed by atoms with E-state index in [1.165, 1.54) is 0 Å². The normalized spacial score (nSPS) is 17.7. The molecule has 26 heavy (non-hydrogen) atoms. The minimum absolute atomic E-state index is 0.0137. The van der Waals surface area contributed by atoms with Gasteiger partial charge in [-0.1, -0.05) is 13.8 Å². The number of aryl methyl sites for hydroxylation is 2. The van der Waals surface area contributed by atoms with Crippen molar-refractivity contribution in [1.29, 1.82) is 0 Å². The van der Waals surface area contributed by atoms with Crippen LogP contribution in [0.5, 0.6) is 0 Å². The number of rotatable bonds is 5. The van der Waals surface area contributed by atoms with E-state index in [1.54, 1.807) is 0 Å². The molecule has 1 aliphatic heterocycles. The molecule has 1 aliphatic rings. The Bertz CT molecular complexity index is 767. The lowest BCUT2D eigenvalue weighted by molar-refractivity contribution is 0.0696. The molecule has 2 aromatic rings. The highest BCUT2D eigenvalue weighted by molar-refractivity contribution is 5.92. The molecule has 1 amide bonds. The molecule has 0 bridgehead atoms. The lowest BCUT2D eigenvalue weighted by atomic mass is 9.96. The molecule has 0 radical (unpaired) electrons. The summed E-state index contributed by atoms with van der Waals surface area (Å²) in [5.41, 5.74) is 1.47. The predicted octanol–water partition coefficient (Wildman–Crippen LogP) is 3.22. The van der Waals surface area contributed by atoms with Gasteiger partial charge < -0.3 is 9.47 Å². The molecule has 0 aliphatic carbocycles. The monoisotopic (exact) mass is 355 g/mol. The van der Waals surface area contributed by atoms with Gasteiger partial charge in [-0.25, -0.2) is 15.0 Å². The molecule has 2 aromatic heterocycles. The second-order valence-corrected chi connectivity index (χ2v) is 7.55. The molecular formula is C20H29N5O. The Labute approximate surface area is 155 Å². The van der Waals surface area contributed by atoms with E-state index < -0.39 is 0 Å². The van der Waals surface area contributed by atoms with Gasteiger partial charge in [-0.2, -0.15) is 0 Å². The van der Waals surface area contributed by atoms with Crippen LogP contribution in [-0.4, -0.2) is 43.4 Å². The number of likely N-dealkylation sites (tertiary alicyclic amines) is 1. The maximum absolute atomic E-state index is 13.1. The maximum atomic E-state index is 13.1. The largest absolute Gasteiger partial charge is 0.337 e. The van der Waals surface area contributed by atoms with Gasteiger partial charge in [0, 0.05) is 43.6 Å². The summed E-state index contributed by atoms with van der Waals surface area (Å²) < 4.78 is 2.17. The van der Waals surface area contributed by atoms with Gasteiger partial charge in [0.1, 0.15) is 17.3 Å². The first-order valence-electron chi connectivity index (χ1n) is 9.62. The fourth-order valence-electron chi connectivity index (χ4n) is 3.74. The van der Waals surface area contributed by atoms with Crippen molar-refractivity contribution in [2.75, 3.05) is 13.1 Å². The summed E-state index contributed by atoms with van der Waals surface area (Å²) in [4.78, 5) is 28.4. The van der Waals surface area contributed by atoms with E-state index in [9.17, 15) is 4.79 Å². The summed E-state index contributed by atoms with van der Waals surface area (Å²) in [7, 11) is 0. The molecule has 3 heterocycles. The van der Waals surface area contributed by atoms with Gasteiger partial charge in [-0.05, 0) is 45.1 Å². The highest BCUT2D eigenvalue weighted by atomic mass is 16.2. The van der Waals surface area contributed by atoms with E-state index in [1.807, 2.05) is 30.3 Å². The molecule has 1 saturated heterocycles. The molecular weight excluding hydrogens is 326 g/mol. The average Bonchev–Trinajstić information content (AvgIpc) is 3.09. The van der Waals surface area contributed by atoms with Gasteiger partial charge in [0.25, 0.3) is 5.91 Å². The highest BCUT2D eigenvalue weighted by Gasteiger charge is 2.28. The van der Waals surface area contributed by atoms with Crippen LogP contribution in [0.25, 0.3) is 0 Å². The first-order valence-corrected chi connectivity index (χ1v) is 9.62. The summed E-state index contributed by atoms with van der Waals surface area (Å²) in [5.74, 6) is 2.56. The molecule has 0 spiro atoms. The lowest BCUT2D eigenvalue weighted by Gasteiger charge is -2.32. The molecule has 0 saturated carbocycles. The number of hydrogen-bond donors (Lipinski definition) is 0. The maximum Gasteiger partial charge on any atom is 0.272 e. The van der Waals surface area contributed by atoms with E-state index in [2.05, 4.69) is 40.3 Å². The predicted molar refractivity (Wildman–Crippen MR) is 101 cm³/mol. The molecule has 1 fully saturated rings. The fraction of sp³-hybridized carbons (Fsp3) is 0.600. The van der Waals surface area contributed by atoms with Crippen molar-refractivity contribution in [1.82, 2.24) is 24.4 Å². The third kappa shape index (κ3) is 4.11. The Hall–Kier alpha value is -2.24. The van der Waals surface area contributed by atoms with Gasteiger partial charge in [-0.15, -0.1) is 0 Å². The van der Waals surface area contributed by atoms with E-state index in [0.29, 0.717) is 29.9 Å². The van der Waals surface area contributed by atoms with Gasteiger partial charge in [-0.3, -0.25) is 4.79 Å². The standard InChI is InChI=1S/C20H29N5O/c1-5-24-10-8-21-19(24)16-7-6-9-25(13-16)20(26)18-12-17(11-14(2)3)22-15(4)23-18/h8,10,12,14,16H,5-7,9,11,13H2,1-4H3/t16-/m1/s1. The zero-order valence-electron chi connectivity index (χ0n) is 16.3. The second kappa shape index (κ2) is 7.98. The summed E-state index contributed by atoms with van der Waals surface area (Å²) in [6, 6.07) is 1.87. The van der Waals surface area contributed by atoms with E-state index in [-0.39, 0.29) is 5.91 Å². The van der Waals surface area contributed by atoms with Crippen LogP contribution in [0.2, 0.25) is 0 Å². The minimum Gasteiger partial charge on any atom is -0.337 e. The van der Waals surface area contributed by atoms with E-state index >= 15 is 0 Å². The molecule has 140 valence electrons. The number of hydrogen-bond acceptors (Lipinski definition) is 4. The second-order valence-electron chi connectivity index (χ2n) is 7.55. The van der Waals surface area contributed by atoms with Crippen LogP contribution in [0.1, 0.15) is 67.4 Å². The SMILES string of the molecule is CCn1ccnc1[C@@H]1CCCN(C(=O)c2cc(CC(C)C)nc(C)n2)C1. The van der Waals surface area contributed by atoms with Crippen LogP contribution in [-0.2, 0) is 13.0 Å². The Morgan fingerprint density at radius 1 is 1.35 bits per heavy atom. The molecule has 6 nitrogen and oxygen atoms in total. The first kappa shape index (κ1) is 18.5. The third-order valence-electron chi connectivity index (χ3n) is 4.89. The molecule has 0 aromatic carbocycles. The Balaban J connectivity index is 1.78. The Morgan fingerprint density at radius 2 is 2.15 bits per heavy atom. The molecule has 3 rings (SSSR count). The molecule has 0 unspecified atom stereocenters. The highest BCUT2D eigenvalue weighted by Crippen LogP contribution is 2.26. The average molecular weight is 355 g/mol. The number of nitrogens with zero attached hydrogens (tertiary/aromatic N) is 5. The van der Waals surface area contributed by atoms with Crippen LogP contribution in [0.15, 0.2) is 18.5 Å². The van der Waals surface area contributed by atoms with Gasteiger partial charge in [0.15, 0.2) is 0 Å². The number of carbonyl (C=O) groups is 1. The minimum atomic E-state index is 0.0137. The number of amides is 1. The third-order valence-corrected chi connectivity index (χ3v) is 4.89. The van der Waals surface area contributed by atoms with Gasteiger partial charge in [0.2, 0.25) is 0 Å². The fourth-order valence-corrected chi connectivity index (χ4v) is 3.74. The zero-order chi connectivity index (χ0) is 18.7. The Kier molecular flexibility index (Phi) is 5.69. The van der Waals surface area contributed by atoms with Gasteiger partial charge in [0.05, 0.1) is 0 Å². The number of aromatic nitrogens is 4. The van der Waals surface area contributed by atoms with Crippen LogP contribution < -0.4 is 0 Å². The van der Waals surface area contributed by atoms with Crippen molar-refractivity contribution in [2.45, 2.75) is 59.4 Å². The summed E-state index contributed by atoms with van der Waals surface area (Å²) in [6.07, 6.45) is 6.80. The van der Waals surface area contributed by atoms with Crippen LogP contribution >= 0.6 is 0 Å². The molecule has 1 atom stereocenters. The summed E-state index contributed by atoms with van der Waals surface area (Å²) in [6.45, 7) is 10.7. The van der Waals surface area contributed by atoms with Crippen LogP contribution in [0, 0.1) is 12.8 Å². The number of imidazole rings is 1. The van der Waals surface area contributed by atoms with Crippen molar-refractivity contribution >= 4 is 5.91 Å².